The zero-order chi connectivity index (χ0) is 15.2. The van der Waals surface area contributed by atoms with Crippen molar-refractivity contribution in [2.45, 2.75) is 44.3 Å². The van der Waals surface area contributed by atoms with Crippen LogP contribution in [-0.4, -0.2) is 33.0 Å². The number of thiol groups is 1. The van der Waals surface area contributed by atoms with E-state index in [0.717, 1.165) is 32.5 Å². The normalized spacial score (nSPS) is 17.5. The molecular weight excluding hydrogens is 289 g/mol. The quantitative estimate of drug-likeness (QED) is 0.821. The van der Waals surface area contributed by atoms with E-state index in [-0.39, 0.29) is 17.5 Å². The lowest BCUT2D eigenvalue weighted by molar-refractivity contribution is 0.208. The van der Waals surface area contributed by atoms with Crippen molar-refractivity contribution in [3.8, 4) is 0 Å². The summed E-state index contributed by atoms with van der Waals surface area (Å²) in [5, 5.41) is 0. The molecule has 0 saturated carbocycles. The number of nitrogens with zero attached hydrogens (tertiary/aromatic N) is 1. The summed E-state index contributed by atoms with van der Waals surface area (Å²) in [5.74, 6) is -0.305. The summed E-state index contributed by atoms with van der Waals surface area (Å²) in [7, 11) is -2.59. The van der Waals surface area contributed by atoms with Crippen molar-refractivity contribution in [1.82, 2.24) is 4.90 Å². The number of piperidine rings is 1. The van der Waals surface area contributed by atoms with Gasteiger partial charge in [-0.25, -0.2) is 12.8 Å². The van der Waals surface area contributed by atoms with E-state index in [2.05, 4.69) is 11.8 Å². The van der Waals surface area contributed by atoms with E-state index in [1.54, 1.807) is 12.1 Å². The first-order valence-electron chi connectivity index (χ1n) is 7.73. The van der Waals surface area contributed by atoms with E-state index < -0.39 is 10.7 Å². The van der Waals surface area contributed by atoms with E-state index in [0.29, 0.717) is 11.1 Å². The van der Waals surface area contributed by atoms with Crippen LogP contribution in [0.4, 0.5) is 4.39 Å². The number of rotatable bonds is 6. The number of hydrogen-bond acceptors (Lipinski definition) is 3. The van der Waals surface area contributed by atoms with Crippen molar-refractivity contribution < 1.29 is 12.8 Å². The SMILES string of the molecule is CCCCN1CCC(c2cccc(C[SH](=O)=O)c2F)CC1. The van der Waals surface area contributed by atoms with Gasteiger partial charge in [0, 0.05) is 5.56 Å². The first-order chi connectivity index (χ1) is 10.1. The fraction of sp³-hybridized carbons (Fsp3) is 0.625. The Kier molecular flexibility index (Phi) is 6.18. The average molecular weight is 313 g/mol. The third kappa shape index (κ3) is 4.51. The zero-order valence-corrected chi connectivity index (χ0v) is 13.4. The molecule has 0 amide bonds. The molecule has 1 aromatic carbocycles. The van der Waals surface area contributed by atoms with Crippen molar-refractivity contribution >= 4 is 10.7 Å². The predicted octanol–water partition coefficient (Wildman–Crippen LogP) is 2.92. The van der Waals surface area contributed by atoms with Gasteiger partial charge in [-0.3, -0.25) is 0 Å². The van der Waals surface area contributed by atoms with E-state index in [1.165, 1.54) is 12.8 Å². The Balaban J connectivity index is 2.03. The van der Waals surface area contributed by atoms with Crippen LogP contribution in [0.2, 0.25) is 0 Å². The zero-order valence-electron chi connectivity index (χ0n) is 12.6. The maximum absolute atomic E-state index is 14.4. The van der Waals surface area contributed by atoms with Crippen LogP contribution in [0.1, 0.15) is 49.7 Å². The number of hydrogen-bond donors (Lipinski definition) is 1. The van der Waals surface area contributed by atoms with Gasteiger partial charge in [0.05, 0.1) is 5.75 Å². The van der Waals surface area contributed by atoms with Gasteiger partial charge in [0.15, 0.2) is 0 Å². The number of benzene rings is 1. The molecule has 3 nitrogen and oxygen atoms in total. The minimum absolute atomic E-state index is 0.204. The average Bonchev–Trinajstić information content (AvgIpc) is 2.47. The Hall–Kier alpha value is -0.940. The van der Waals surface area contributed by atoms with Crippen LogP contribution >= 0.6 is 0 Å². The second-order valence-electron chi connectivity index (χ2n) is 5.78. The first kappa shape index (κ1) is 16.4. The molecule has 21 heavy (non-hydrogen) atoms. The molecule has 0 spiro atoms. The minimum atomic E-state index is -2.59. The van der Waals surface area contributed by atoms with Gasteiger partial charge in [-0.1, -0.05) is 31.5 Å². The van der Waals surface area contributed by atoms with Crippen LogP contribution in [0.3, 0.4) is 0 Å². The smallest absolute Gasteiger partial charge is 0.144 e. The third-order valence-corrected chi connectivity index (χ3v) is 4.86. The van der Waals surface area contributed by atoms with Crippen LogP contribution in [0, 0.1) is 5.82 Å². The standard InChI is InChI=1S/C16H24FNO2S/c1-2-3-9-18-10-7-13(8-11-18)15-6-4-5-14(16(15)17)12-21(19)20/h4-6,13,21H,2-3,7-12H2,1H3. The third-order valence-electron chi connectivity index (χ3n) is 4.26. The van der Waals surface area contributed by atoms with Gasteiger partial charge in [0.1, 0.15) is 16.5 Å². The Morgan fingerprint density at radius 3 is 2.62 bits per heavy atom. The van der Waals surface area contributed by atoms with Crippen molar-refractivity contribution in [2.24, 2.45) is 0 Å². The summed E-state index contributed by atoms with van der Waals surface area (Å²) in [6.45, 7) is 5.32. The fourth-order valence-electron chi connectivity index (χ4n) is 3.03. The Morgan fingerprint density at radius 1 is 1.29 bits per heavy atom. The number of halogens is 1. The summed E-state index contributed by atoms with van der Waals surface area (Å²) in [6.07, 6.45) is 4.32. The lowest BCUT2D eigenvalue weighted by atomic mass is 9.88. The maximum atomic E-state index is 14.4. The van der Waals surface area contributed by atoms with Crippen LogP contribution in [0.25, 0.3) is 0 Å². The van der Waals surface area contributed by atoms with Gasteiger partial charge in [-0.05, 0) is 50.4 Å². The van der Waals surface area contributed by atoms with Crippen molar-refractivity contribution in [2.75, 3.05) is 19.6 Å². The molecule has 0 unspecified atom stereocenters. The molecule has 0 radical (unpaired) electrons. The predicted molar refractivity (Wildman–Crippen MR) is 83.7 cm³/mol. The van der Waals surface area contributed by atoms with Gasteiger partial charge in [-0.15, -0.1) is 0 Å². The minimum Gasteiger partial charge on any atom is -0.303 e. The molecule has 0 aliphatic carbocycles. The van der Waals surface area contributed by atoms with E-state index >= 15 is 0 Å². The van der Waals surface area contributed by atoms with Crippen LogP contribution < -0.4 is 0 Å². The number of unbranched alkanes of at least 4 members (excludes halogenated alkanes) is 1. The highest BCUT2D eigenvalue weighted by atomic mass is 32.2. The molecule has 1 aliphatic heterocycles. The lowest BCUT2D eigenvalue weighted by Crippen LogP contribution is -2.33. The van der Waals surface area contributed by atoms with Crippen LogP contribution in [0.15, 0.2) is 18.2 Å². The summed E-state index contributed by atoms with van der Waals surface area (Å²) < 4.78 is 36.1. The van der Waals surface area contributed by atoms with Gasteiger partial charge in [-0.2, -0.15) is 0 Å². The fourth-order valence-corrected chi connectivity index (χ4v) is 3.55. The monoisotopic (exact) mass is 313 g/mol. The molecule has 0 atom stereocenters. The van der Waals surface area contributed by atoms with E-state index in [4.69, 9.17) is 0 Å². The molecule has 1 aromatic rings. The molecule has 1 saturated heterocycles. The summed E-state index contributed by atoms with van der Waals surface area (Å²) in [6, 6.07) is 5.15. The van der Waals surface area contributed by atoms with Crippen molar-refractivity contribution in [3.05, 3.63) is 35.1 Å². The summed E-state index contributed by atoms with van der Waals surface area (Å²) in [4.78, 5) is 2.44. The Bertz CT molecular complexity index is 529. The van der Waals surface area contributed by atoms with Crippen molar-refractivity contribution in [3.63, 3.8) is 0 Å². The van der Waals surface area contributed by atoms with Crippen LogP contribution in [0.5, 0.6) is 0 Å². The molecular formula is C16H24FNO2S. The lowest BCUT2D eigenvalue weighted by Gasteiger charge is -2.32. The van der Waals surface area contributed by atoms with Gasteiger partial charge in [0.2, 0.25) is 0 Å². The molecule has 1 aliphatic rings. The Labute approximate surface area is 128 Å². The molecule has 118 valence electrons. The molecule has 0 aromatic heterocycles. The largest absolute Gasteiger partial charge is 0.303 e. The van der Waals surface area contributed by atoms with Gasteiger partial charge in [0.25, 0.3) is 0 Å². The maximum Gasteiger partial charge on any atom is 0.144 e. The highest BCUT2D eigenvalue weighted by Gasteiger charge is 2.23. The topological polar surface area (TPSA) is 37.4 Å². The highest BCUT2D eigenvalue weighted by molar-refractivity contribution is 7.71. The summed E-state index contributed by atoms with van der Waals surface area (Å²) in [5.41, 5.74) is 0.997. The molecule has 5 heteroatoms. The first-order valence-corrected chi connectivity index (χ1v) is 9.09. The second-order valence-corrected chi connectivity index (χ2v) is 6.76. The summed E-state index contributed by atoms with van der Waals surface area (Å²) >= 11 is 0. The van der Waals surface area contributed by atoms with E-state index in [9.17, 15) is 12.8 Å². The second kappa shape index (κ2) is 7.90. The van der Waals surface area contributed by atoms with Gasteiger partial charge < -0.3 is 4.90 Å². The molecule has 1 heterocycles. The molecule has 0 N–H and O–H groups in total. The molecule has 0 bridgehead atoms. The molecule has 1 fully saturated rings. The van der Waals surface area contributed by atoms with Crippen molar-refractivity contribution in [1.29, 1.82) is 0 Å². The highest BCUT2D eigenvalue weighted by Crippen LogP contribution is 2.31. The van der Waals surface area contributed by atoms with Crippen LogP contribution in [-0.2, 0) is 16.5 Å². The van der Waals surface area contributed by atoms with Gasteiger partial charge >= 0.3 is 0 Å². The Morgan fingerprint density at radius 2 is 2.00 bits per heavy atom. The molecule has 2 rings (SSSR count). The van der Waals surface area contributed by atoms with E-state index in [1.807, 2.05) is 6.07 Å². The number of likely N-dealkylation sites (tertiary alicyclic amines) is 1.